The molecule has 94 valence electrons. The molecule has 1 aliphatic heterocycles. The minimum absolute atomic E-state index is 0.0867. The maximum Gasteiger partial charge on any atom is 0.0747 e. The molecule has 1 heterocycles. The molecule has 2 N–H and O–H groups in total. The molecule has 2 aliphatic rings. The Balaban J connectivity index is 1.98. The van der Waals surface area contributed by atoms with Gasteiger partial charge in [0.25, 0.3) is 0 Å². The first-order valence-electron chi connectivity index (χ1n) is 6.62. The lowest BCUT2D eigenvalue weighted by Crippen LogP contribution is -2.55. The van der Waals surface area contributed by atoms with Gasteiger partial charge in [-0.2, -0.15) is 0 Å². The van der Waals surface area contributed by atoms with Crippen LogP contribution < -0.4 is 0 Å². The monoisotopic (exact) mass is 227 g/mol. The maximum atomic E-state index is 10.7. The van der Waals surface area contributed by atoms with E-state index in [-0.39, 0.29) is 12.0 Å². The molecule has 0 radical (unpaired) electrons. The first-order chi connectivity index (χ1) is 7.54. The van der Waals surface area contributed by atoms with E-state index in [2.05, 4.69) is 11.8 Å². The molecule has 0 amide bonds. The van der Waals surface area contributed by atoms with Gasteiger partial charge in [0.15, 0.2) is 0 Å². The van der Waals surface area contributed by atoms with Crippen molar-refractivity contribution < 1.29 is 10.2 Å². The smallest absolute Gasteiger partial charge is 0.0747 e. The number of nitrogens with zero attached hydrogens (tertiary/aromatic N) is 1. The van der Waals surface area contributed by atoms with Gasteiger partial charge in [0, 0.05) is 24.5 Å². The van der Waals surface area contributed by atoms with Crippen molar-refractivity contribution in [3.05, 3.63) is 0 Å². The summed E-state index contributed by atoms with van der Waals surface area (Å²) < 4.78 is 0. The molecular formula is C13H25NO2. The summed E-state index contributed by atoms with van der Waals surface area (Å²) in [5, 5.41) is 20.2. The van der Waals surface area contributed by atoms with Gasteiger partial charge in [-0.15, -0.1) is 0 Å². The summed E-state index contributed by atoms with van der Waals surface area (Å²) in [7, 11) is 0. The number of aliphatic hydroxyl groups excluding tert-OH is 1. The van der Waals surface area contributed by atoms with Crippen molar-refractivity contribution in [1.82, 2.24) is 4.90 Å². The SMILES string of the molecule is CCC(C)(CO)C1(O)CCN(C2CC2)CC1. The fourth-order valence-electron chi connectivity index (χ4n) is 2.89. The summed E-state index contributed by atoms with van der Waals surface area (Å²) in [6.07, 6.45) is 5.14. The molecule has 3 heteroatoms. The molecule has 0 bridgehead atoms. The zero-order valence-electron chi connectivity index (χ0n) is 10.6. The quantitative estimate of drug-likeness (QED) is 0.762. The van der Waals surface area contributed by atoms with Gasteiger partial charge in [-0.25, -0.2) is 0 Å². The Bertz CT molecular complexity index is 238. The van der Waals surface area contributed by atoms with E-state index in [1.165, 1.54) is 12.8 Å². The van der Waals surface area contributed by atoms with E-state index in [0.29, 0.717) is 0 Å². The predicted octanol–water partition coefficient (Wildman–Crippen LogP) is 1.38. The minimum atomic E-state index is -0.665. The lowest BCUT2D eigenvalue weighted by molar-refractivity contribution is -0.134. The lowest BCUT2D eigenvalue weighted by atomic mass is 9.67. The molecule has 1 saturated heterocycles. The standard InChI is InChI=1S/C13H25NO2/c1-3-12(2,10-15)13(16)6-8-14(9-7-13)11-4-5-11/h11,15-16H,3-10H2,1-2H3. The molecule has 16 heavy (non-hydrogen) atoms. The van der Waals surface area contributed by atoms with Crippen LogP contribution in [0.1, 0.15) is 46.0 Å². The molecular weight excluding hydrogens is 202 g/mol. The van der Waals surface area contributed by atoms with Gasteiger partial charge in [0.05, 0.1) is 12.2 Å². The highest BCUT2D eigenvalue weighted by Gasteiger charge is 2.48. The molecule has 1 aliphatic carbocycles. The van der Waals surface area contributed by atoms with Gasteiger partial charge < -0.3 is 15.1 Å². The lowest BCUT2D eigenvalue weighted by Gasteiger charge is -2.48. The zero-order valence-corrected chi connectivity index (χ0v) is 10.6. The number of hydrogen-bond donors (Lipinski definition) is 2. The highest BCUT2D eigenvalue weighted by molar-refractivity contribution is 5.00. The fourth-order valence-corrected chi connectivity index (χ4v) is 2.89. The molecule has 1 saturated carbocycles. The first kappa shape index (κ1) is 12.3. The van der Waals surface area contributed by atoms with Gasteiger partial charge in [-0.3, -0.25) is 0 Å². The summed E-state index contributed by atoms with van der Waals surface area (Å²) in [5.74, 6) is 0. The molecule has 0 aromatic rings. The van der Waals surface area contributed by atoms with E-state index in [4.69, 9.17) is 0 Å². The summed E-state index contributed by atoms with van der Waals surface area (Å²) >= 11 is 0. The molecule has 1 atom stereocenters. The van der Waals surface area contributed by atoms with E-state index >= 15 is 0 Å². The molecule has 1 unspecified atom stereocenters. The summed E-state index contributed by atoms with van der Waals surface area (Å²) in [4.78, 5) is 2.50. The zero-order chi connectivity index (χ0) is 11.8. The van der Waals surface area contributed by atoms with Crippen LogP contribution in [0.5, 0.6) is 0 Å². The van der Waals surface area contributed by atoms with Crippen molar-refractivity contribution in [3.8, 4) is 0 Å². The van der Waals surface area contributed by atoms with Gasteiger partial charge in [0.2, 0.25) is 0 Å². The first-order valence-corrected chi connectivity index (χ1v) is 6.62. The number of aliphatic hydroxyl groups is 2. The van der Waals surface area contributed by atoms with Gasteiger partial charge in [-0.1, -0.05) is 13.8 Å². The second kappa shape index (κ2) is 4.28. The highest BCUT2D eigenvalue weighted by atomic mass is 16.3. The van der Waals surface area contributed by atoms with Crippen LogP contribution in [-0.2, 0) is 0 Å². The van der Waals surface area contributed by atoms with E-state index in [0.717, 1.165) is 38.4 Å². The normalized spacial score (nSPS) is 30.0. The molecule has 0 aromatic carbocycles. The maximum absolute atomic E-state index is 10.7. The third-order valence-corrected chi connectivity index (χ3v) is 4.94. The summed E-state index contributed by atoms with van der Waals surface area (Å²) in [5.41, 5.74) is -0.996. The van der Waals surface area contributed by atoms with Crippen LogP contribution in [0.25, 0.3) is 0 Å². The second-order valence-electron chi connectivity index (χ2n) is 5.87. The Labute approximate surface area is 98.5 Å². The average Bonchev–Trinajstić information content (AvgIpc) is 3.13. The Morgan fingerprint density at radius 3 is 2.25 bits per heavy atom. The predicted molar refractivity (Wildman–Crippen MR) is 64.3 cm³/mol. The van der Waals surface area contributed by atoms with Crippen molar-refractivity contribution >= 4 is 0 Å². The Hall–Kier alpha value is -0.120. The average molecular weight is 227 g/mol. The number of hydrogen-bond acceptors (Lipinski definition) is 3. The Morgan fingerprint density at radius 2 is 1.88 bits per heavy atom. The molecule has 3 nitrogen and oxygen atoms in total. The largest absolute Gasteiger partial charge is 0.396 e. The van der Waals surface area contributed by atoms with Crippen LogP contribution in [0.15, 0.2) is 0 Å². The van der Waals surface area contributed by atoms with Crippen molar-refractivity contribution in [2.24, 2.45) is 5.41 Å². The van der Waals surface area contributed by atoms with Crippen molar-refractivity contribution in [2.45, 2.75) is 57.6 Å². The Morgan fingerprint density at radius 1 is 1.31 bits per heavy atom. The third-order valence-electron chi connectivity index (χ3n) is 4.94. The van der Waals surface area contributed by atoms with E-state index in [1.54, 1.807) is 0 Å². The number of piperidine rings is 1. The van der Waals surface area contributed by atoms with Gasteiger partial charge >= 0.3 is 0 Å². The van der Waals surface area contributed by atoms with E-state index in [1.807, 2.05) is 6.92 Å². The van der Waals surface area contributed by atoms with Crippen LogP contribution in [0, 0.1) is 5.41 Å². The highest BCUT2D eigenvalue weighted by Crippen LogP contribution is 2.43. The molecule has 2 fully saturated rings. The van der Waals surface area contributed by atoms with Crippen LogP contribution in [0.3, 0.4) is 0 Å². The second-order valence-corrected chi connectivity index (χ2v) is 5.87. The van der Waals surface area contributed by atoms with Crippen molar-refractivity contribution in [1.29, 1.82) is 0 Å². The van der Waals surface area contributed by atoms with Crippen molar-refractivity contribution in [3.63, 3.8) is 0 Å². The number of likely N-dealkylation sites (tertiary alicyclic amines) is 1. The van der Waals surface area contributed by atoms with E-state index in [9.17, 15) is 10.2 Å². The van der Waals surface area contributed by atoms with Crippen LogP contribution in [-0.4, -0.2) is 46.5 Å². The molecule has 2 rings (SSSR count). The number of rotatable bonds is 4. The molecule has 0 aromatic heterocycles. The fraction of sp³-hybridized carbons (Fsp3) is 1.00. The van der Waals surface area contributed by atoms with E-state index < -0.39 is 5.60 Å². The Kier molecular flexibility index (Phi) is 3.30. The summed E-state index contributed by atoms with van der Waals surface area (Å²) in [6, 6.07) is 0.798. The van der Waals surface area contributed by atoms with Crippen LogP contribution in [0.4, 0.5) is 0 Å². The third kappa shape index (κ3) is 2.01. The minimum Gasteiger partial charge on any atom is -0.396 e. The van der Waals surface area contributed by atoms with Crippen LogP contribution >= 0.6 is 0 Å². The summed E-state index contributed by atoms with van der Waals surface area (Å²) in [6.45, 7) is 6.15. The van der Waals surface area contributed by atoms with Crippen molar-refractivity contribution in [2.75, 3.05) is 19.7 Å². The van der Waals surface area contributed by atoms with Crippen LogP contribution in [0.2, 0.25) is 0 Å². The van der Waals surface area contributed by atoms with Gasteiger partial charge in [0.1, 0.15) is 0 Å². The van der Waals surface area contributed by atoms with Gasteiger partial charge in [-0.05, 0) is 32.1 Å². The molecule has 0 spiro atoms. The topological polar surface area (TPSA) is 43.7 Å².